The maximum absolute atomic E-state index is 13.8. The molecule has 2 fully saturated rings. The number of halogens is 1. The Morgan fingerprint density at radius 1 is 1.14 bits per heavy atom. The first-order valence-corrected chi connectivity index (χ1v) is 7.77. The van der Waals surface area contributed by atoms with Crippen molar-refractivity contribution in [3.05, 3.63) is 30.1 Å². The predicted molar refractivity (Wildman–Crippen MR) is 80.8 cm³/mol. The number of anilines is 1. The molecule has 0 radical (unpaired) electrons. The number of carbonyl (C=O) groups is 1. The average molecular weight is 291 g/mol. The van der Waals surface area contributed by atoms with Gasteiger partial charge < -0.3 is 15.1 Å². The molecule has 4 nitrogen and oxygen atoms in total. The SMILES string of the molecule is O=C([C@@H]1CCCCN1)N1CCN(c2ccccc2F)CC1. The smallest absolute Gasteiger partial charge is 0.239 e. The zero-order valence-corrected chi connectivity index (χ0v) is 12.2. The molecule has 2 aliphatic rings. The van der Waals surface area contributed by atoms with Gasteiger partial charge in [0.1, 0.15) is 5.82 Å². The van der Waals surface area contributed by atoms with Crippen molar-refractivity contribution in [2.45, 2.75) is 25.3 Å². The first-order valence-electron chi connectivity index (χ1n) is 7.77. The Kier molecular flexibility index (Phi) is 4.39. The predicted octanol–water partition coefficient (Wildman–Crippen LogP) is 1.62. The van der Waals surface area contributed by atoms with Gasteiger partial charge in [-0.1, -0.05) is 18.6 Å². The number of carbonyl (C=O) groups excluding carboxylic acids is 1. The van der Waals surface area contributed by atoms with Gasteiger partial charge in [0.15, 0.2) is 0 Å². The molecule has 0 aromatic heterocycles. The summed E-state index contributed by atoms with van der Waals surface area (Å²) in [7, 11) is 0. The number of para-hydroxylation sites is 1. The van der Waals surface area contributed by atoms with Crippen LogP contribution >= 0.6 is 0 Å². The summed E-state index contributed by atoms with van der Waals surface area (Å²) in [5.41, 5.74) is 0.639. The number of nitrogens with one attached hydrogen (secondary N) is 1. The lowest BCUT2D eigenvalue weighted by atomic mass is 10.0. The van der Waals surface area contributed by atoms with E-state index in [0.29, 0.717) is 31.9 Å². The molecule has 1 N–H and O–H groups in total. The monoisotopic (exact) mass is 291 g/mol. The Hall–Kier alpha value is -1.62. The van der Waals surface area contributed by atoms with E-state index >= 15 is 0 Å². The van der Waals surface area contributed by atoms with E-state index in [0.717, 1.165) is 25.8 Å². The van der Waals surface area contributed by atoms with Gasteiger partial charge in [0, 0.05) is 26.2 Å². The number of piperidine rings is 1. The molecular weight excluding hydrogens is 269 g/mol. The molecular formula is C16H22FN3O. The summed E-state index contributed by atoms with van der Waals surface area (Å²) in [6.07, 6.45) is 3.22. The van der Waals surface area contributed by atoms with Gasteiger partial charge in [0.05, 0.1) is 11.7 Å². The van der Waals surface area contributed by atoms with Crippen LogP contribution in [0.1, 0.15) is 19.3 Å². The Bertz CT molecular complexity index is 494. The van der Waals surface area contributed by atoms with Gasteiger partial charge in [-0.25, -0.2) is 4.39 Å². The molecule has 5 heteroatoms. The van der Waals surface area contributed by atoms with Crippen LogP contribution in [0, 0.1) is 5.82 Å². The first-order chi connectivity index (χ1) is 10.3. The Balaban J connectivity index is 1.57. The topological polar surface area (TPSA) is 35.6 Å². The fourth-order valence-electron chi connectivity index (χ4n) is 3.16. The molecule has 0 unspecified atom stereocenters. The molecule has 1 aromatic rings. The minimum Gasteiger partial charge on any atom is -0.366 e. The summed E-state index contributed by atoms with van der Waals surface area (Å²) < 4.78 is 13.8. The van der Waals surface area contributed by atoms with Crippen molar-refractivity contribution in [2.24, 2.45) is 0 Å². The summed E-state index contributed by atoms with van der Waals surface area (Å²) in [6.45, 7) is 3.67. The highest BCUT2D eigenvalue weighted by Crippen LogP contribution is 2.20. The van der Waals surface area contributed by atoms with E-state index in [1.54, 1.807) is 12.1 Å². The quantitative estimate of drug-likeness (QED) is 0.899. The third-order valence-electron chi connectivity index (χ3n) is 4.39. The second-order valence-electron chi connectivity index (χ2n) is 5.77. The van der Waals surface area contributed by atoms with Crippen LogP contribution in [0.15, 0.2) is 24.3 Å². The van der Waals surface area contributed by atoms with Crippen LogP contribution in [0.3, 0.4) is 0 Å². The third-order valence-corrected chi connectivity index (χ3v) is 4.39. The van der Waals surface area contributed by atoms with E-state index in [1.807, 2.05) is 15.9 Å². The Morgan fingerprint density at radius 3 is 2.57 bits per heavy atom. The average Bonchev–Trinajstić information content (AvgIpc) is 2.56. The van der Waals surface area contributed by atoms with Gasteiger partial charge in [-0.05, 0) is 31.5 Å². The Morgan fingerprint density at radius 2 is 1.90 bits per heavy atom. The highest BCUT2D eigenvalue weighted by atomic mass is 19.1. The van der Waals surface area contributed by atoms with E-state index in [2.05, 4.69) is 5.32 Å². The van der Waals surface area contributed by atoms with E-state index in [9.17, 15) is 9.18 Å². The van der Waals surface area contributed by atoms with Crippen LogP contribution in [0.5, 0.6) is 0 Å². The molecule has 0 bridgehead atoms. The lowest BCUT2D eigenvalue weighted by Gasteiger charge is -2.38. The van der Waals surface area contributed by atoms with Gasteiger partial charge in [0.2, 0.25) is 5.91 Å². The molecule has 0 spiro atoms. The zero-order chi connectivity index (χ0) is 14.7. The van der Waals surface area contributed by atoms with Crippen molar-refractivity contribution >= 4 is 11.6 Å². The molecule has 1 amide bonds. The highest BCUT2D eigenvalue weighted by Gasteiger charge is 2.28. The number of rotatable bonds is 2. The summed E-state index contributed by atoms with van der Waals surface area (Å²) in [5.74, 6) is 0.0223. The van der Waals surface area contributed by atoms with Gasteiger partial charge in [-0.2, -0.15) is 0 Å². The molecule has 21 heavy (non-hydrogen) atoms. The number of hydrogen-bond acceptors (Lipinski definition) is 3. The molecule has 2 aliphatic heterocycles. The van der Waals surface area contributed by atoms with Crippen LogP contribution in [-0.4, -0.2) is 49.6 Å². The van der Waals surface area contributed by atoms with Crippen molar-refractivity contribution in [1.29, 1.82) is 0 Å². The number of nitrogens with zero attached hydrogens (tertiary/aromatic N) is 2. The Labute approximate surface area is 124 Å². The molecule has 114 valence electrons. The van der Waals surface area contributed by atoms with Crippen molar-refractivity contribution in [3.63, 3.8) is 0 Å². The van der Waals surface area contributed by atoms with Crippen LogP contribution in [-0.2, 0) is 4.79 Å². The fraction of sp³-hybridized carbons (Fsp3) is 0.562. The van der Waals surface area contributed by atoms with Crippen molar-refractivity contribution in [3.8, 4) is 0 Å². The fourth-order valence-corrected chi connectivity index (χ4v) is 3.16. The van der Waals surface area contributed by atoms with E-state index in [1.165, 1.54) is 6.07 Å². The lowest BCUT2D eigenvalue weighted by molar-refractivity contribution is -0.134. The van der Waals surface area contributed by atoms with Gasteiger partial charge in [-0.15, -0.1) is 0 Å². The van der Waals surface area contributed by atoms with Crippen LogP contribution in [0.25, 0.3) is 0 Å². The molecule has 1 atom stereocenters. The summed E-state index contributed by atoms with van der Waals surface area (Å²) in [5, 5.41) is 3.30. The summed E-state index contributed by atoms with van der Waals surface area (Å²) in [6, 6.07) is 6.82. The van der Waals surface area contributed by atoms with E-state index in [-0.39, 0.29) is 17.8 Å². The van der Waals surface area contributed by atoms with Crippen LogP contribution < -0.4 is 10.2 Å². The van der Waals surface area contributed by atoms with Gasteiger partial charge in [-0.3, -0.25) is 4.79 Å². The van der Waals surface area contributed by atoms with Crippen LogP contribution in [0.2, 0.25) is 0 Å². The lowest BCUT2D eigenvalue weighted by Crippen LogP contribution is -2.55. The first kappa shape index (κ1) is 14.3. The second kappa shape index (κ2) is 6.43. The zero-order valence-electron chi connectivity index (χ0n) is 12.2. The van der Waals surface area contributed by atoms with Gasteiger partial charge >= 0.3 is 0 Å². The highest BCUT2D eigenvalue weighted by molar-refractivity contribution is 5.82. The standard InChI is InChI=1S/C16H22FN3O/c17-13-5-1-2-7-15(13)19-9-11-20(12-10-19)16(21)14-6-3-4-8-18-14/h1-2,5,7,14,18H,3-4,6,8-12H2/t14-/m0/s1. The second-order valence-corrected chi connectivity index (χ2v) is 5.77. The molecule has 0 saturated carbocycles. The third kappa shape index (κ3) is 3.18. The minimum absolute atomic E-state index is 0.0150. The maximum atomic E-state index is 13.8. The minimum atomic E-state index is -0.189. The molecule has 2 heterocycles. The number of benzene rings is 1. The normalized spacial score (nSPS) is 23.2. The van der Waals surface area contributed by atoms with Crippen molar-refractivity contribution in [1.82, 2.24) is 10.2 Å². The van der Waals surface area contributed by atoms with Gasteiger partial charge in [0.25, 0.3) is 0 Å². The summed E-state index contributed by atoms with van der Waals surface area (Å²) in [4.78, 5) is 16.4. The molecule has 0 aliphatic carbocycles. The largest absolute Gasteiger partial charge is 0.366 e. The number of amides is 1. The number of hydrogen-bond donors (Lipinski definition) is 1. The van der Waals surface area contributed by atoms with Crippen molar-refractivity contribution in [2.75, 3.05) is 37.6 Å². The molecule has 1 aromatic carbocycles. The number of piperazine rings is 1. The van der Waals surface area contributed by atoms with E-state index in [4.69, 9.17) is 0 Å². The van der Waals surface area contributed by atoms with E-state index < -0.39 is 0 Å². The van der Waals surface area contributed by atoms with Crippen LogP contribution in [0.4, 0.5) is 10.1 Å². The summed E-state index contributed by atoms with van der Waals surface area (Å²) >= 11 is 0. The van der Waals surface area contributed by atoms with Crippen molar-refractivity contribution < 1.29 is 9.18 Å². The molecule has 2 saturated heterocycles. The molecule has 3 rings (SSSR count). The maximum Gasteiger partial charge on any atom is 0.239 e.